The van der Waals surface area contributed by atoms with Gasteiger partial charge in [-0.05, 0) is 42.7 Å². The molecule has 140 valence electrons. The molecule has 2 aromatic heterocycles. The molecule has 0 atom stereocenters. The van der Waals surface area contributed by atoms with Gasteiger partial charge in [0.05, 0.1) is 18.0 Å². The van der Waals surface area contributed by atoms with Crippen LogP contribution >= 0.6 is 11.8 Å². The smallest absolute Gasteiger partial charge is 0.230 e. The van der Waals surface area contributed by atoms with E-state index in [1.54, 1.807) is 6.33 Å². The maximum atomic E-state index is 12.1. The number of pyridine rings is 1. The standard InChI is InChI=1S/C20H23N5OS/c1-14(2)16-7-9-18(10-8-16)25-13-22-24-20(25)27-12-19(26)21-11-17-6-4-5-15(3)23-17/h4-10,13-14H,11-12H2,1-3H3,(H,21,26). The van der Waals surface area contributed by atoms with Crippen molar-refractivity contribution in [2.75, 3.05) is 5.75 Å². The fraction of sp³-hybridized carbons (Fsp3) is 0.300. The van der Waals surface area contributed by atoms with E-state index < -0.39 is 0 Å². The van der Waals surface area contributed by atoms with Crippen LogP contribution in [0.15, 0.2) is 53.9 Å². The van der Waals surface area contributed by atoms with Crippen molar-refractivity contribution in [3.05, 3.63) is 65.7 Å². The number of hydrogen-bond donors (Lipinski definition) is 1. The summed E-state index contributed by atoms with van der Waals surface area (Å²) in [5.41, 5.74) is 4.05. The Morgan fingerprint density at radius 1 is 1.19 bits per heavy atom. The number of aromatic nitrogens is 4. The molecular formula is C20H23N5OS. The zero-order valence-electron chi connectivity index (χ0n) is 15.7. The summed E-state index contributed by atoms with van der Waals surface area (Å²) in [5, 5.41) is 11.7. The number of nitrogens with zero attached hydrogens (tertiary/aromatic N) is 4. The lowest BCUT2D eigenvalue weighted by Crippen LogP contribution is -2.25. The van der Waals surface area contributed by atoms with E-state index in [2.05, 4.69) is 46.5 Å². The Hall–Kier alpha value is -2.67. The lowest BCUT2D eigenvalue weighted by molar-refractivity contribution is -0.118. The van der Waals surface area contributed by atoms with Crippen LogP contribution in [-0.2, 0) is 11.3 Å². The van der Waals surface area contributed by atoms with Crippen LogP contribution in [0.25, 0.3) is 5.69 Å². The van der Waals surface area contributed by atoms with Crippen molar-refractivity contribution >= 4 is 17.7 Å². The molecule has 0 aliphatic rings. The molecule has 0 aliphatic carbocycles. The van der Waals surface area contributed by atoms with Crippen molar-refractivity contribution in [2.45, 2.75) is 38.4 Å². The molecular weight excluding hydrogens is 358 g/mol. The second-order valence-corrected chi connectivity index (χ2v) is 7.51. The monoisotopic (exact) mass is 381 g/mol. The lowest BCUT2D eigenvalue weighted by Gasteiger charge is -2.09. The molecule has 3 aromatic rings. The van der Waals surface area contributed by atoms with Gasteiger partial charge < -0.3 is 5.32 Å². The number of amides is 1. The summed E-state index contributed by atoms with van der Waals surface area (Å²) in [7, 11) is 0. The highest BCUT2D eigenvalue weighted by molar-refractivity contribution is 7.99. The van der Waals surface area contributed by atoms with E-state index >= 15 is 0 Å². The number of rotatable bonds is 7. The van der Waals surface area contributed by atoms with Crippen LogP contribution in [0.5, 0.6) is 0 Å². The van der Waals surface area contributed by atoms with Crippen LogP contribution in [-0.4, -0.2) is 31.4 Å². The van der Waals surface area contributed by atoms with E-state index in [1.807, 2.05) is 41.8 Å². The van der Waals surface area contributed by atoms with Crippen LogP contribution in [0.2, 0.25) is 0 Å². The van der Waals surface area contributed by atoms with Crippen molar-refractivity contribution < 1.29 is 4.79 Å². The van der Waals surface area contributed by atoms with E-state index in [0.717, 1.165) is 17.1 Å². The highest BCUT2D eigenvalue weighted by Crippen LogP contribution is 2.21. The topological polar surface area (TPSA) is 72.7 Å². The molecule has 0 aliphatic heterocycles. The Balaban J connectivity index is 1.57. The maximum absolute atomic E-state index is 12.1. The Kier molecular flexibility index (Phi) is 6.24. The minimum Gasteiger partial charge on any atom is -0.350 e. The SMILES string of the molecule is Cc1cccc(CNC(=O)CSc2nncn2-c2ccc(C(C)C)cc2)n1. The quantitative estimate of drug-likeness (QED) is 0.634. The van der Waals surface area contributed by atoms with Gasteiger partial charge in [-0.2, -0.15) is 0 Å². The molecule has 2 heterocycles. The number of carbonyl (C=O) groups is 1. The van der Waals surface area contributed by atoms with Crippen LogP contribution < -0.4 is 5.32 Å². The van der Waals surface area contributed by atoms with Crippen molar-refractivity contribution in [1.29, 1.82) is 0 Å². The van der Waals surface area contributed by atoms with Crippen LogP contribution in [0.1, 0.15) is 36.7 Å². The second kappa shape index (κ2) is 8.81. The first-order chi connectivity index (χ1) is 13.0. The highest BCUT2D eigenvalue weighted by Gasteiger charge is 2.11. The van der Waals surface area contributed by atoms with Gasteiger partial charge in [0.2, 0.25) is 5.91 Å². The summed E-state index contributed by atoms with van der Waals surface area (Å²) in [6.45, 7) is 6.69. The number of hydrogen-bond acceptors (Lipinski definition) is 5. The molecule has 3 rings (SSSR count). The Morgan fingerprint density at radius 3 is 2.67 bits per heavy atom. The Bertz CT molecular complexity index is 905. The number of thioether (sulfide) groups is 1. The van der Waals surface area contributed by atoms with E-state index in [4.69, 9.17) is 0 Å². The van der Waals surface area contributed by atoms with Crippen molar-refractivity contribution in [2.24, 2.45) is 0 Å². The first-order valence-corrected chi connectivity index (χ1v) is 9.84. The van der Waals surface area contributed by atoms with E-state index in [0.29, 0.717) is 17.6 Å². The zero-order chi connectivity index (χ0) is 19.2. The molecule has 6 nitrogen and oxygen atoms in total. The molecule has 0 fully saturated rings. The largest absolute Gasteiger partial charge is 0.350 e. The van der Waals surface area contributed by atoms with Gasteiger partial charge in [-0.1, -0.05) is 43.8 Å². The Morgan fingerprint density at radius 2 is 1.96 bits per heavy atom. The van der Waals surface area contributed by atoms with Gasteiger partial charge in [-0.25, -0.2) is 0 Å². The molecule has 0 radical (unpaired) electrons. The minimum atomic E-state index is -0.0620. The third kappa shape index (κ3) is 5.17. The van der Waals surface area contributed by atoms with Gasteiger partial charge in [-0.15, -0.1) is 10.2 Å². The molecule has 0 saturated heterocycles. The van der Waals surface area contributed by atoms with E-state index in [-0.39, 0.29) is 11.7 Å². The molecule has 27 heavy (non-hydrogen) atoms. The third-order valence-electron chi connectivity index (χ3n) is 4.10. The van der Waals surface area contributed by atoms with Gasteiger partial charge in [0.1, 0.15) is 6.33 Å². The molecule has 7 heteroatoms. The first-order valence-electron chi connectivity index (χ1n) is 8.85. The molecule has 0 spiro atoms. The van der Waals surface area contributed by atoms with Crippen LogP contribution in [0.4, 0.5) is 0 Å². The average molecular weight is 382 g/mol. The van der Waals surface area contributed by atoms with E-state index in [9.17, 15) is 4.79 Å². The molecule has 1 amide bonds. The summed E-state index contributed by atoms with van der Waals surface area (Å²) in [4.78, 5) is 16.5. The number of carbonyl (C=O) groups excluding carboxylic acids is 1. The van der Waals surface area contributed by atoms with Crippen molar-refractivity contribution in [3.8, 4) is 5.69 Å². The summed E-state index contributed by atoms with van der Waals surface area (Å²) < 4.78 is 1.89. The predicted octanol–water partition coefficient (Wildman–Crippen LogP) is 3.50. The van der Waals surface area contributed by atoms with Gasteiger partial charge in [0, 0.05) is 11.4 Å². The molecule has 1 N–H and O–H groups in total. The second-order valence-electron chi connectivity index (χ2n) is 6.57. The lowest BCUT2D eigenvalue weighted by atomic mass is 10.0. The summed E-state index contributed by atoms with van der Waals surface area (Å²) in [5.74, 6) is 0.697. The van der Waals surface area contributed by atoms with Crippen molar-refractivity contribution in [1.82, 2.24) is 25.1 Å². The number of aryl methyl sites for hydroxylation is 1. The average Bonchev–Trinajstić information content (AvgIpc) is 3.13. The van der Waals surface area contributed by atoms with Crippen LogP contribution in [0.3, 0.4) is 0 Å². The minimum absolute atomic E-state index is 0.0620. The molecule has 0 bridgehead atoms. The summed E-state index contributed by atoms with van der Waals surface area (Å²) in [6.07, 6.45) is 1.67. The van der Waals surface area contributed by atoms with Gasteiger partial charge in [0.15, 0.2) is 5.16 Å². The van der Waals surface area contributed by atoms with Crippen LogP contribution in [0, 0.1) is 6.92 Å². The summed E-state index contributed by atoms with van der Waals surface area (Å²) >= 11 is 1.36. The molecule has 1 aromatic carbocycles. The predicted molar refractivity (Wildman–Crippen MR) is 107 cm³/mol. The van der Waals surface area contributed by atoms with E-state index in [1.165, 1.54) is 17.3 Å². The normalized spacial score (nSPS) is 11.0. The molecule has 0 unspecified atom stereocenters. The maximum Gasteiger partial charge on any atom is 0.230 e. The first kappa shape index (κ1) is 19.1. The third-order valence-corrected chi connectivity index (χ3v) is 5.04. The van der Waals surface area contributed by atoms with Gasteiger partial charge in [0.25, 0.3) is 0 Å². The van der Waals surface area contributed by atoms with Crippen molar-refractivity contribution in [3.63, 3.8) is 0 Å². The van der Waals surface area contributed by atoms with Gasteiger partial charge >= 0.3 is 0 Å². The van der Waals surface area contributed by atoms with Gasteiger partial charge in [-0.3, -0.25) is 14.3 Å². The molecule has 0 saturated carbocycles. The highest BCUT2D eigenvalue weighted by atomic mass is 32.2. The fourth-order valence-electron chi connectivity index (χ4n) is 2.59. The number of nitrogens with one attached hydrogen (secondary N) is 1. The zero-order valence-corrected chi connectivity index (χ0v) is 16.5. The number of benzene rings is 1. The Labute approximate surface area is 163 Å². The fourth-order valence-corrected chi connectivity index (χ4v) is 3.35. The summed E-state index contributed by atoms with van der Waals surface area (Å²) in [6, 6.07) is 14.1.